The molecular formula is C24H36. The Morgan fingerprint density at radius 1 is 0.583 bits per heavy atom. The molecule has 0 aliphatic heterocycles. The van der Waals surface area contributed by atoms with Crippen molar-refractivity contribution in [3.05, 3.63) is 69.8 Å². The molecule has 0 N–H and O–H groups in total. The maximum atomic E-state index is 2.37. The zero-order valence-electron chi connectivity index (χ0n) is 17.5. The lowest BCUT2D eigenvalue weighted by atomic mass is 9.79. The summed E-state index contributed by atoms with van der Waals surface area (Å²) in [7, 11) is 0. The van der Waals surface area contributed by atoms with Crippen LogP contribution in [0.2, 0.25) is 0 Å². The minimum atomic E-state index is 0.241. The molecular weight excluding hydrogens is 288 g/mol. The van der Waals surface area contributed by atoms with Crippen molar-refractivity contribution < 1.29 is 0 Å². The van der Waals surface area contributed by atoms with Crippen molar-refractivity contribution in [2.24, 2.45) is 0 Å². The van der Waals surface area contributed by atoms with Crippen LogP contribution in [0.25, 0.3) is 0 Å². The SMILES string of the molecule is Cc1ccc(C(C)(C)C)cc1C(C)(C)C.Cc1cccc(C)c1C. The third kappa shape index (κ3) is 5.51. The van der Waals surface area contributed by atoms with Gasteiger partial charge in [0.05, 0.1) is 0 Å². The molecule has 2 aromatic rings. The van der Waals surface area contributed by atoms with Crippen LogP contribution in [0.3, 0.4) is 0 Å². The second-order valence-electron chi connectivity index (χ2n) is 9.05. The van der Waals surface area contributed by atoms with Gasteiger partial charge in [-0.3, -0.25) is 0 Å². The van der Waals surface area contributed by atoms with Gasteiger partial charge >= 0.3 is 0 Å². The highest BCUT2D eigenvalue weighted by molar-refractivity contribution is 5.38. The molecule has 0 bridgehead atoms. The molecule has 132 valence electrons. The summed E-state index contributed by atoms with van der Waals surface area (Å²) >= 11 is 0. The quantitative estimate of drug-likeness (QED) is 0.480. The molecule has 0 radical (unpaired) electrons. The predicted octanol–water partition coefficient (Wildman–Crippen LogP) is 7.20. The summed E-state index contributed by atoms with van der Waals surface area (Å²) in [4.78, 5) is 0. The van der Waals surface area contributed by atoms with E-state index in [-0.39, 0.29) is 10.8 Å². The number of hydrogen-bond donors (Lipinski definition) is 0. The van der Waals surface area contributed by atoms with E-state index in [2.05, 4.69) is 106 Å². The largest absolute Gasteiger partial charge is 0.0617 e. The molecule has 0 fully saturated rings. The molecule has 0 saturated carbocycles. The van der Waals surface area contributed by atoms with Gasteiger partial charge in [0, 0.05) is 0 Å². The average molecular weight is 325 g/mol. The van der Waals surface area contributed by atoms with Crippen LogP contribution in [0.1, 0.15) is 74.9 Å². The van der Waals surface area contributed by atoms with Gasteiger partial charge in [-0.1, -0.05) is 77.9 Å². The van der Waals surface area contributed by atoms with E-state index in [9.17, 15) is 0 Å². The van der Waals surface area contributed by atoms with Crippen molar-refractivity contribution in [3.63, 3.8) is 0 Å². The second kappa shape index (κ2) is 7.55. The third-order valence-corrected chi connectivity index (χ3v) is 4.79. The second-order valence-corrected chi connectivity index (χ2v) is 9.05. The molecule has 24 heavy (non-hydrogen) atoms. The lowest BCUT2D eigenvalue weighted by Gasteiger charge is -2.26. The highest BCUT2D eigenvalue weighted by Crippen LogP contribution is 2.30. The van der Waals surface area contributed by atoms with Crippen LogP contribution in [0, 0.1) is 27.7 Å². The maximum absolute atomic E-state index is 2.37. The molecule has 0 nitrogen and oxygen atoms in total. The molecule has 0 atom stereocenters. The summed E-state index contributed by atoms with van der Waals surface area (Å²) in [5.74, 6) is 0. The number of aryl methyl sites for hydroxylation is 3. The van der Waals surface area contributed by atoms with Crippen LogP contribution < -0.4 is 0 Å². The Kier molecular flexibility index (Phi) is 6.45. The Bertz CT molecular complexity index is 656. The molecule has 0 amide bonds. The molecule has 2 aromatic carbocycles. The first-order valence-corrected chi connectivity index (χ1v) is 8.98. The van der Waals surface area contributed by atoms with Gasteiger partial charge in [-0.15, -0.1) is 0 Å². The summed E-state index contributed by atoms with van der Waals surface area (Å²) in [6, 6.07) is 13.3. The Morgan fingerprint density at radius 3 is 1.46 bits per heavy atom. The summed E-state index contributed by atoms with van der Waals surface area (Å²) in [6.07, 6.45) is 0. The van der Waals surface area contributed by atoms with Gasteiger partial charge in [0.1, 0.15) is 0 Å². The molecule has 0 spiro atoms. The van der Waals surface area contributed by atoms with Crippen LogP contribution in [-0.2, 0) is 10.8 Å². The normalized spacial score (nSPS) is 11.8. The number of rotatable bonds is 0. The van der Waals surface area contributed by atoms with E-state index in [0.29, 0.717) is 0 Å². The molecule has 0 aromatic heterocycles. The van der Waals surface area contributed by atoms with Gasteiger partial charge in [-0.2, -0.15) is 0 Å². The topological polar surface area (TPSA) is 0 Å². The lowest BCUT2D eigenvalue weighted by Crippen LogP contribution is -2.17. The van der Waals surface area contributed by atoms with E-state index in [1.807, 2.05) is 0 Å². The smallest absolute Gasteiger partial charge is 0.0129 e. The number of hydrogen-bond acceptors (Lipinski definition) is 0. The fourth-order valence-electron chi connectivity index (χ4n) is 2.79. The zero-order valence-corrected chi connectivity index (χ0v) is 17.5. The van der Waals surface area contributed by atoms with Crippen molar-refractivity contribution in [1.29, 1.82) is 0 Å². The van der Waals surface area contributed by atoms with Gasteiger partial charge in [-0.05, 0) is 71.9 Å². The van der Waals surface area contributed by atoms with Crippen molar-refractivity contribution >= 4 is 0 Å². The Hall–Kier alpha value is -1.56. The van der Waals surface area contributed by atoms with Crippen LogP contribution in [0.5, 0.6) is 0 Å². The van der Waals surface area contributed by atoms with Crippen LogP contribution in [0.4, 0.5) is 0 Å². The molecule has 0 heterocycles. The van der Waals surface area contributed by atoms with E-state index in [1.54, 1.807) is 0 Å². The highest BCUT2D eigenvalue weighted by Gasteiger charge is 2.20. The van der Waals surface area contributed by atoms with Crippen LogP contribution in [-0.4, -0.2) is 0 Å². The van der Waals surface area contributed by atoms with E-state index < -0.39 is 0 Å². The molecule has 0 aliphatic carbocycles. The Morgan fingerprint density at radius 2 is 1.08 bits per heavy atom. The van der Waals surface area contributed by atoms with Gasteiger partial charge in [0.15, 0.2) is 0 Å². The fraction of sp³-hybridized carbons (Fsp3) is 0.500. The van der Waals surface area contributed by atoms with E-state index in [1.165, 1.54) is 33.4 Å². The van der Waals surface area contributed by atoms with E-state index >= 15 is 0 Å². The Balaban J connectivity index is 0.000000272. The van der Waals surface area contributed by atoms with Gasteiger partial charge in [-0.25, -0.2) is 0 Å². The maximum Gasteiger partial charge on any atom is -0.0129 e. The Labute approximate surface area is 150 Å². The summed E-state index contributed by atoms with van der Waals surface area (Å²) in [6.45, 7) is 22.3. The van der Waals surface area contributed by atoms with Gasteiger partial charge in [0.2, 0.25) is 0 Å². The van der Waals surface area contributed by atoms with Gasteiger partial charge < -0.3 is 0 Å². The number of benzene rings is 2. The van der Waals surface area contributed by atoms with Crippen LogP contribution >= 0.6 is 0 Å². The summed E-state index contributed by atoms with van der Waals surface area (Å²) in [5.41, 5.74) is 8.96. The lowest BCUT2D eigenvalue weighted by molar-refractivity contribution is 0.566. The molecule has 0 unspecified atom stereocenters. The minimum Gasteiger partial charge on any atom is -0.0617 e. The first-order chi connectivity index (χ1) is 10.8. The fourth-order valence-corrected chi connectivity index (χ4v) is 2.79. The van der Waals surface area contributed by atoms with E-state index in [4.69, 9.17) is 0 Å². The zero-order chi connectivity index (χ0) is 18.7. The van der Waals surface area contributed by atoms with Crippen molar-refractivity contribution in [2.45, 2.75) is 80.1 Å². The third-order valence-electron chi connectivity index (χ3n) is 4.79. The minimum absolute atomic E-state index is 0.241. The predicted molar refractivity (Wildman–Crippen MR) is 109 cm³/mol. The standard InChI is InChI=1S/C15H24.C9H12/c1-11-8-9-12(14(2,3)4)10-13(11)15(5,6)7;1-7-5-4-6-8(2)9(7)3/h8-10H,1-7H3;4-6H,1-3H3. The van der Waals surface area contributed by atoms with Crippen molar-refractivity contribution in [3.8, 4) is 0 Å². The molecule has 2 rings (SSSR count). The first-order valence-electron chi connectivity index (χ1n) is 8.98. The highest BCUT2D eigenvalue weighted by atomic mass is 14.2. The molecule has 0 heteroatoms. The first kappa shape index (κ1) is 20.5. The summed E-state index contributed by atoms with van der Waals surface area (Å²) in [5, 5.41) is 0. The molecule has 0 aliphatic rings. The monoisotopic (exact) mass is 324 g/mol. The van der Waals surface area contributed by atoms with Crippen LogP contribution in [0.15, 0.2) is 36.4 Å². The summed E-state index contributed by atoms with van der Waals surface area (Å²) < 4.78 is 0. The van der Waals surface area contributed by atoms with Gasteiger partial charge in [0.25, 0.3) is 0 Å². The average Bonchev–Trinajstić information content (AvgIpc) is 2.43. The van der Waals surface area contributed by atoms with E-state index in [0.717, 1.165) is 0 Å². The molecule has 0 saturated heterocycles. The van der Waals surface area contributed by atoms with Crippen molar-refractivity contribution in [2.75, 3.05) is 0 Å². The van der Waals surface area contributed by atoms with Crippen molar-refractivity contribution in [1.82, 2.24) is 0 Å².